The van der Waals surface area contributed by atoms with E-state index in [4.69, 9.17) is 4.74 Å². The third-order valence-corrected chi connectivity index (χ3v) is 6.88. The van der Waals surface area contributed by atoms with E-state index in [1.807, 2.05) is 0 Å². The summed E-state index contributed by atoms with van der Waals surface area (Å²) in [6.45, 7) is 0. The van der Waals surface area contributed by atoms with Crippen molar-refractivity contribution in [2.45, 2.75) is 4.90 Å². The Morgan fingerprint density at radius 2 is 1.85 bits per heavy atom. The molecule has 0 spiro atoms. The van der Waals surface area contributed by atoms with Gasteiger partial charge in [0.05, 0.1) is 27.1 Å². The Balaban J connectivity index is 1.51. The van der Waals surface area contributed by atoms with Crippen LogP contribution in [0.2, 0.25) is 0 Å². The second-order valence-corrected chi connectivity index (χ2v) is 9.46. The lowest BCUT2D eigenvalue weighted by Gasteiger charge is -2.10. The van der Waals surface area contributed by atoms with Gasteiger partial charge in [-0.15, -0.1) is 0 Å². The molecule has 3 aromatic carbocycles. The van der Waals surface area contributed by atoms with Crippen molar-refractivity contribution in [3.8, 4) is 5.75 Å². The van der Waals surface area contributed by atoms with E-state index < -0.39 is 20.9 Å². The third-order valence-electron chi connectivity index (χ3n) is 4.55. The number of nitro groups is 1. The largest absolute Gasteiger partial charge is 0.497 e. The molecule has 4 rings (SSSR count). The molecule has 1 heterocycles. The fraction of sp³-hybridized carbons (Fsp3) is 0.0476. The fourth-order valence-corrected chi connectivity index (χ4v) is 4.89. The molecule has 1 aromatic heterocycles. The van der Waals surface area contributed by atoms with Gasteiger partial charge in [-0.1, -0.05) is 17.4 Å². The zero-order valence-electron chi connectivity index (χ0n) is 17.0. The van der Waals surface area contributed by atoms with Crippen LogP contribution in [0.25, 0.3) is 10.2 Å². The van der Waals surface area contributed by atoms with Crippen LogP contribution in [0, 0.1) is 10.1 Å². The number of hydrogen-bond acceptors (Lipinski definition) is 8. The minimum atomic E-state index is -3.87. The number of aromatic nitrogens is 1. The van der Waals surface area contributed by atoms with Gasteiger partial charge >= 0.3 is 0 Å². The predicted molar refractivity (Wildman–Crippen MR) is 124 cm³/mol. The van der Waals surface area contributed by atoms with Crippen LogP contribution in [0.4, 0.5) is 16.5 Å². The van der Waals surface area contributed by atoms with E-state index >= 15 is 0 Å². The summed E-state index contributed by atoms with van der Waals surface area (Å²) in [5.41, 5.74) is 0.858. The summed E-state index contributed by atoms with van der Waals surface area (Å²) < 4.78 is 33.3. The Morgan fingerprint density at radius 1 is 1.09 bits per heavy atom. The van der Waals surface area contributed by atoms with Crippen LogP contribution >= 0.6 is 11.3 Å². The third kappa shape index (κ3) is 4.91. The average molecular weight is 485 g/mol. The van der Waals surface area contributed by atoms with Crippen LogP contribution in [0.1, 0.15) is 10.4 Å². The van der Waals surface area contributed by atoms with Crippen LogP contribution in [-0.2, 0) is 10.0 Å². The van der Waals surface area contributed by atoms with Crippen molar-refractivity contribution in [2.75, 3.05) is 17.1 Å². The molecule has 168 valence electrons. The number of fused-ring (bicyclic) bond motifs is 1. The smallest absolute Gasteiger partial charge is 0.270 e. The van der Waals surface area contributed by atoms with Crippen LogP contribution in [0.5, 0.6) is 5.75 Å². The van der Waals surface area contributed by atoms with Gasteiger partial charge < -0.3 is 4.74 Å². The number of carbonyl (C=O) groups excluding carboxylic acids is 1. The SMILES string of the molecule is COc1ccc(S(=O)(=O)Nc2cccc(C(=O)Nc3nc4ccc([N+](=O)[O-])cc4s3)c2)cc1. The minimum Gasteiger partial charge on any atom is -0.497 e. The lowest BCUT2D eigenvalue weighted by atomic mass is 10.2. The summed E-state index contributed by atoms with van der Waals surface area (Å²) in [7, 11) is -2.39. The highest BCUT2D eigenvalue weighted by molar-refractivity contribution is 7.92. The van der Waals surface area contributed by atoms with Crippen molar-refractivity contribution in [2.24, 2.45) is 0 Å². The van der Waals surface area contributed by atoms with Gasteiger partial charge in [-0.2, -0.15) is 0 Å². The molecule has 1 amide bonds. The van der Waals surface area contributed by atoms with Gasteiger partial charge in [-0.05, 0) is 48.5 Å². The Labute approximate surface area is 192 Å². The van der Waals surface area contributed by atoms with Crippen molar-refractivity contribution >= 4 is 54.0 Å². The van der Waals surface area contributed by atoms with Crippen molar-refractivity contribution in [1.82, 2.24) is 4.98 Å². The van der Waals surface area contributed by atoms with Crippen molar-refractivity contribution in [1.29, 1.82) is 0 Å². The molecule has 12 heteroatoms. The zero-order chi connectivity index (χ0) is 23.6. The van der Waals surface area contributed by atoms with E-state index in [2.05, 4.69) is 15.0 Å². The maximum atomic E-state index is 12.7. The standard InChI is InChI=1S/C21H16N4O6S2/c1-31-16-6-8-17(9-7-16)33(29,30)24-14-4-2-3-13(11-14)20(26)23-21-22-18-10-5-15(25(27)28)12-19(18)32-21/h2-12,24H,1H3,(H,22,23,26). The number of rotatable bonds is 7. The van der Waals surface area contributed by atoms with E-state index in [0.29, 0.717) is 16.0 Å². The van der Waals surface area contributed by atoms with Gasteiger partial charge in [-0.3, -0.25) is 24.9 Å². The Hall–Kier alpha value is -4.03. The van der Waals surface area contributed by atoms with Gasteiger partial charge in [0, 0.05) is 23.4 Å². The summed E-state index contributed by atoms with van der Waals surface area (Å²) >= 11 is 1.10. The number of sulfonamides is 1. The van der Waals surface area contributed by atoms with E-state index in [-0.39, 0.29) is 27.0 Å². The summed E-state index contributed by atoms with van der Waals surface area (Å²) in [6, 6.07) is 16.1. The Kier molecular flexibility index (Phi) is 5.94. The molecule has 0 unspecified atom stereocenters. The molecule has 0 saturated heterocycles. The maximum absolute atomic E-state index is 12.7. The van der Waals surface area contributed by atoms with E-state index in [1.165, 1.54) is 67.8 Å². The first kappa shape index (κ1) is 22.2. The van der Waals surface area contributed by atoms with Crippen LogP contribution in [0.3, 0.4) is 0 Å². The number of methoxy groups -OCH3 is 1. The summed E-state index contributed by atoms with van der Waals surface area (Å²) in [4.78, 5) is 27.4. The number of nitrogens with zero attached hydrogens (tertiary/aromatic N) is 2. The molecule has 4 aromatic rings. The topological polar surface area (TPSA) is 141 Å². The summed E-state index contributed by atoms with van der Waals surface area (Å²) in [5.74, 6) is 0.0196. The molecule has 0 aliphatic heterocycles. The molecule has 0 aliphatic carbocycles. The molecule has 10 nitrogen and oxygen atoms in total. The average Bonchev–Trinajstić information content (AvgIpc) is 3.20. The Morgan fingerprint density at radius 3 is 2.55 bits per heavy atom. The number of hydrogen-bond donors (Lipinski definition) is 2. The van der Waals surface area contributed by atoms with Crippen LogP contribution < -0.4 is 14.8 Å². The molecular weight excluding hydrogens is 468 g/mol. The normalized spacial score (nSPS) is 11.2. The van der Waals surface area contributed by atoms with Gasteiger partial charge in [0.1, 0.15) is 5.75 Å². The summed E-state index contributed by atoms with van der Waals surface area (Å²) in [6.07, 6.45) is 0. The monoisotopic (exact) mass is 484 g/mol. The number of carbonyl (C=O) groups is 1. The number of anilines is 2. The van der Waals surface area contributed by atoms with Gasteiger partial charge in [0.25, 0.3) is 21.6 Å². The zero-order valence-corrected chi connectivity index (χ0v) is 18.6. The Bertz CT molecular complexity index is 1470. The highest BCUT2D eigenvalue weighted by atomic mass is 32.2. The van der Waals surface area contributed by atoms with Gasteiger partial charge in [0.2, 0.25) is 0 Å². The first-order valence-corrected chi connectivity index (χ1v) is 11.7. The molecule has 0 radical (unpaired) electrons. The van der Waals surface area contributed by atoms with Crippen LogP contribution in [0.15, 0.2) is 71.6 Å². The molecule has 0 saturated carbocycles. The number of amides is 1. The highest BCUT2D eigenvalue weighted by Crippen LogP contribution is 2.29. The lowest BCUT2D eigenvalue weighted by molar-refractivity contribution is -0.384. The number of non-ortho nitro benzene ring substituents is 1. The molecule has 2 N–H and O–H groups in total. The van der Waals surface area contributed by atoms with E-state index in [9.17, 15) is 23.3 Å². The quantitative estimate of drug-likeness (QED) is 0.295. The fourth-order valence-electron chi connectivity index (χ4n) is 2.94. The highest BCUT2D eigenvalue weighted by Gasteiger charge is 2.17. The number of benzene rings is 3. The van der Waals surface area contributed by atoms with Crippen LogP contribution in [-0.4, -0.2) is 31.3 Å². The first-order valence-electron chi connectivity index (χ1n) is 9.38. The maximum Gasteiger partial charge on any atom is 0.270 e. The van der Waals surface area contributed by atoms with Gasteiger partial charge in [-0.25, -0.2) is 13.4 Å². The number of nitrogens with one attached hydrogen (secondary N) is 2. The molecule has 0 aliphatic rings. The first-order chi connectivity index (χ1) is 15.7. The van der Waals surface area contributed by atoms with Gasteiger partial charge in [0.15, 0.2) is 5.13 Å². The molecule has 0 fully saturated rings. The second kappa shape index (κ2) is 8.84. The predicted octanol–water partition coefficient (Wildman–Crippen LogP) is 4.27. The van der Waals surface area contributed by atoms with Crippen molar-refractivity contribution < 1.29 is 22.9 Å². The van der Waals surface area contributed by atoms with E-state index in [0.717, 1.165) is 11.3 Å². The van der Waals surface area contributed by atoms with Crippen molar-refractivity contribution in [3.05, 3.63) is 82.4 Å². The van der Waals surface area contributed by atoms with Crippen molar-refractivity contribution in [3.63, 3.8) is 0 Å². The summed E-state index contributed by atoms with van der Waals surface area (Å²) in [5, 5.41) is 13.8. The minimum absolute atomic E-state index is 0.0433. The number of thiazole rings is 1. The molecule has 33 heavy (non-hydrogen) atoms. The molecule has 0 bridgehead atoms. The number of nitro benzene ring substituents is 1. The molecular formula is C21H16N4O6S2. The lowest BCUT2D eigenvalue weighted by Crippen LogP contribution is -2.15. The number of ether oxygens (including phenoxy) is 1. The second-order valence-electron chi connectivity index (χ2n) is 6.74. The van der Waals surface area contributed by atoms with E-state index in [1.54, 1.807) is 6.07 Å². The molecule has 0 atom stereocenters.